The third-order valence-corrected chi connectivity index (χ3v) is 5.04. The number of rotatable bonds is 2. The molecule has 0 saturated heterocycles. The molecule has 0 amide bonds. The Hall–Kier alpha value is -2.53. The summed E-state index contributed by atoms with van der Waals surface area (Å²) in [5.41, 5.74) is 0. The van der Waals surface area contributed by atoms with Crippen molar-refractivity contribution >= 4 is 20.6 Å². The smallest absolute Gasteiger partial charge is 0.206 e. The van der Waals surface area contributed by atoms with E-state index < -0.39 is 15.6 Å². The van der Waals surface area contributed by atoms with E-state index in [0.29, 0.717) is 0 Å². The highest BCUT2D eigenvalue weighted by molar-refractivity contribution is 7.91. The van der Waals surface area contributed by atoms with E-state index in [-0.39, 0.29) is 15.5 Å². The summed E-state index contributed by atoms with van der Waals surface area (Å²) in [6.07, 6.45) is 0. The van der Waals surface area contributed by atoms with Crippen molar-refractivity contribution in [3.63, 3.8) is 0 Å². The molecule has 0 aliphatic heterocycles. The summed E-state index contributed by atoms with van der Waals surface area (Å²) in [7, 11) is -3.74. The van der Waals surface area contributed by atoms with Crippen molar-refractivity contribution in [2.75, 3.05) is 0 Å². The Morgan fingerprint density at radius 3 is 2.00 bits per heavy atom. The molecular weight excluding hydrogens is 288 g/mol. The van der Waals surface area contributed by atoms with Gasteiger partial charge in [0.2, 0.25) is 9.84 Å². The number of sulfone groups is 1. The first-order valence-corrected chi connectivity index (χ1v) is 7.73. The molecule has 2 N–H and O–H groups in total. The van der Waals surface area contributed by atoms with E-state index >= 15 is 0 Å². The minimum Gasteiger partial charge on any atom is -0.504 e. The Morgan fingerprint density at radius 1 is 0.667 bits per heavy atom. The van der Waals surface area contributed by atoms with Crippen LogP contribution in [0.15, 0.2) is 70.5 Å². The third kappa shape index (κ3) is 2.32. The van der Waals surface area contributed by atoms with E-state index in [1.165, 1.54) is 12.1 Å². The van der Waals surface area contributed by atoms with Crippen LogP contribution in [0.4, 0.5) is 0 Å². The zero-order valence-corrected chi connectivity index (χ0v) is 11.7. The molecule has 0 aliphatic rings. The molecule has 3 aromatic rings. The van der Waals surface area contributed by atoms with Gasteiger partial charge in [-0.05, 0) is 35.0 Å². The van der Waals surface area contributed by atoms with Crippen LogP contribution in [0.3, 0.4) is 0 Å². The van der Waals surface area contributed by atoms with E-state index in [0.717, 1.165) is 22.9 Å². The Bertz CT molecular complexity index is 930. The lowest BCUT2D eigenvalue weighted by atomic mass is 10.1. The first-order chi connectivity index (χ1) is 9.98. The van der Waals surface area contributed by atoms with Crippen molar-refractivity contribution in [1.29, 1.82) is 0 Å². The molecule has 5 heteroatoms. The first-order valence-electron chi connectivity index (χ1n) is 6.24. The van der Waals surface area contributed by atoms with E-state index in [9.17, 15) is 18.6 Å². The lowest BCUT2D eigenvalue weighted by molar-refractivity contribution is 0.402. The summed E-state index contributed by atoms with van der Waals surface area (Å²) < 4.78 is 25.1. The molecule has 0 spiro atoms. The predicted molar refractivity (Wildman–Crippen MR) is 79.2 cm³/mol. The van der Waals surface area contributed by atoms with Gasteiger partial charge in [0.15, 0.2) is 11.5 Å². The van der Waals surface area contributed by atoms with Crippen molar-refractivity contribution < 1.29 is 18.6 Å². The van der Waals surface area contributed by atoms with Gasteiger partial charge in [-0.2, -0.15) is 0 Å². The van der Waals surface area contributed by atoms with Crippen LogP contribution in [-0.4, -0.2) is 18.6 Å². The van der Waals surface area contributed by atoms with Crippen molar-refractivity contribution in [2.24, 2.45) is 0 Å². The maximum Gasteiger partial charge on any atom is 0.206 e. The van der Waals surface area contributed by atoms with Crippen LogP contribution in [0, 0.1) is 0 Å². The average Bonchev–Trinajstić information content (AvgIpc) is 2.49. The maximum atomic E-state index is 12.5. The number of hydrogen-bond acceptors (Lipinski definition) is 4. The van der Waals surface area contributed by atoms with Crippen molar-refractivity contribution in [3.8, 4) is 11.5 Å². The standard InChI is InChI=1S/C16H12O4S/c17-15-8-7-14(10-16(15)18)21(19,20)13-6-5-11-3-1-2-4-12(11)9-13/h1-10,17-18H. The minimum atomic E-state index is -3.74. The molecule has 0 saturated carbocycles. The fourth-order valence-electron chi connectivity index (χ4n) is 2.14. The number of phenolic OH excluding ortho intramolecular Hbond substituents is 2. The molecule has 3 rings (SSSR count). The predicted octanol–water partition coefficient (Wildman–Crippen LogP) is 3.08. The largest absolute Gasteiger partial charge is 0.504 e. The fourth-order valence-corrected chi connectivity index (χ4v) is 3.46. The van der Waals surface area contributed by atoms with Crippen LogP contribution in [0.5, 0.6) is 11.5 Å². The Kier molecular flexibility index (Phi) is 3.07. The summed E-state index contributed by atoms with van der Waals surface area (Å²) in [5, 5.41) is 20.5. The van der Waals surface area contributed by atoms with E-state index in [2.05, 4.69) is 0 Å². The van der Waals surface area contributed by atoms with Gasteiger partial charge in [0, 0.05) is 6.07 Å². The molecule has 0 aromatic heterocycles. The van der Waals surface area contributed by atoms with Gasteiger partial charge in [-0.15, -0.1) is 0 Å². The molecular formula is C16H12O4S. The highest BCUT2D eigenvalue weighted by Gasteiger charge is 2.19. The Morgan fingerprint density at radius 2 is 1.29 bits per heavy atom. The summed E-state index contributed by atoms with van der Waals surface area (Å²) in [6.45, 7) is 0. The molecule has 0 aliphatic carbocycles. The second-order valence-electron chi connectivity index (χ2n) is 4.66. The van der Waals surface area contributed by atoms with E-state index in [4.69, 9.17) is 0 Å². The molecule has 0 bridgehead atoms. The van der Waals surface area contributed by atoms with Gasteiger partial charge in [0.1, 0.15) is 0 Å². The van der Waals surface area contributed by atoms with Crippen LogP contribution in [0.25, 0.3) is 10.8 Å². The summed E-state index contributed by atoms with van der Waals surface area (Å²) >= 11 is 0. The van der Waals surface area contributed by atoms with Gasteiger partial charge in [-0.25, -0.2) is 8.42 Å². The topological polar surface area (TPSA) is 74.6 Å². The van der Waals surface area contributed by atoms with E-state index in [1.54, 1.807) is 12.1 Å². The van der Waals surface area contributed by atoms with Crippen molar-refractivity contribution in [3.05, 3.63) is 60.7 Å². The molecule has 0 heterocycles. The summed E-state index contributed by atoms with van der Waals surface area (Å²) in [4.78, 5) is 0.0828. The number of benzene rings is 3. The fraction of sp³-hybridized carbons (Fsp3) is 0. The average molecular weight is 300 g/mol. The van der Waals surface area contributed by atoms with Crippen LogP contribution in [0.2, 0.25) is 0 Å². The molecule has 3 aromatic carbocycles. The van der Waals surface area contributed by atoms with Gasteiger partial charge < -0.3 is 10.2 Å². The van der Waals surface area contributed by atoms with Gasteiger partial charge in [-0.1, -0.05) is 30.3 Å². The maximum absolute atomic E-state index is 12.5. The lowest BCUT2D eigenvalue weighted by Gasteiger charge is -2.07. The first kappa shape index (κ1) is 13.5. The molecule has 21 heavy (non-hydrogen) atoms. The van der Waals surface area contributed by atoms with Crippen molar-refractivity contribution in [2.45, 2.75) is 9.79 Å². The SMILES string of the molecule is O=S(=O)(c1ccc(O)c(O)c1)c1ccc2ccccc2c1. The molecule has 106 valence electrons. The molecule has 4 nitrogen and oxygen atoms in total. The van der Waals surface area contributed by atoms with Crippen LogP contribution in [-0.2, 0) is 9.84 Å². The second kappa shape index (κ2) is 4.79. The van der Waals surface area contributed by atoms with Gasteiger partial charge in [0.05, 0.1) is 9.79 Å². The normalized spacial score (nSPS) is 11.6. The summed E-state index contributed by atoms with van der Waals surface area (Å²) in [6, 6.07) is 15.8. The van der Waals surface area contributed by atoms with Gasteiger partial charge >= 0.3 is 0 Å². The van der Waals surface area contributed by atoms with Crippen LogP contribution < -0.4 is 0 Å². The Balaban J connectivity index is 2.17. The number of aromatic hydroxyl groups is 2. The molecule has 0 fully saturated rings. The van der Waals surface area contributed by atoms with E-state index in [1.807, 2.05) is 24.3 Å². The van der Waals surface area contributed by atoms with Crippen LogP contribution >= 0.6 is 0 Å². The van der Waals surface area contributed by atoms with Crippen LogP contribution in [0.1, 0.15) is 0 Å². The van der Waals surface area contributed by atoms with Gasteiger partial charge in [-0.3, -0.25) is 0 Å². The number of hydrogen-bond donors (Lipinski definition) is 2. The van der Waals surface area contributed by atoms with Crippen molar-refractivity contribution in [1.82, 2.24) is 0 Å². The third-order valence-electron chi connectivity index (χ3n) is 3.29. The Labute approximate surface area is 121 Å². The number of fused-ring (bicyclic) bond motifs is 1. The highest BCUT2D eigenvalue weighted by atomic mass is 32.2. The second-order valence-corrected chi connectivity index (χ2v) is 6.61. The monoisotopic (exact) mass is 300 g/mol. The number of phenols is 2. The zero-order chi connectivity index (χ0) is 15.0. The molecule has 0 atom stereocenters. The molecule has 0 radical (unpaired) electrons. The lowest BCUT2D eigenvalue weighted by Crippen LogP contribution is -2.01. The quantitative estimate of drug-likeness (QED) is 0.713. The zero-order valence-electron chi connectivity index (χ0n) is 10.9. The minimum absolute atomic E-state index is 0.0620. The van der Waals surface area contributed by atoms with Gasteiger partial charge in [0.25, 0.3) is 0 Å². The highest BCUT2D eigenvalue weighted by Crippen LogP contribution is 2.31. The molecule has 0 unspecified atom stereocenters. The summed E-state index contributed by atoms with van der Waals surface area (Å²) in [5.74, 6) is -0.815.